The summed E-state index contributed by atoms with van der Waals surface area (Å²) >= 11 is 2.05. The van der Waals surface area contributed by atoms with E-state index in [1.165, 1.54) is 40.8 Å². The lowest BCUT2D eigenvalue weighted by Crippen LogP contribution is -2.37. The van der Waals surface area contributed by atoms with Crippen LogP contribution in [0.4, 0.5) is 0 Å². The Morgan fingerprint density at radius 1 is 0.800 bits per heavy atom. The van der Waals surface area contributed by atoms with Crippen molar-refractivity contribution in [3.63, 3.8) is 0 Å². The Bertz CT molecular complexity index is 811. The summed E-state index contributed by atoms with van der Waals surface area (Å²) in [6.07, 6.45) is 3.71. The van der Waals surface area contributed by atoms with Crippen molar-refractivity contribution < 1.29 is 0 Å². The van der Waals surface area contributed by atoms with Crippen molar-refractivity contribution in [2.75, 3.05) is 0 Å². The van der Waals surface area contributed by atoms with E-state index >= 15 is 0 Å². The van der Waals surface area contributed by atoms with E-state index in [0.29, 0.717) is 0 Å². The maximum Gasteiger partial charge on any atom is 0.0908 e. The summed E-state index contributed by atoms with van der Waals surface area (Å²) in [6.45, 7) is 9.74. The largest absolute Gasteiger partial charge is 0.144 e. The van der Waals surface area contributed by atoms with Gasteiger partial charge in [-0.3, -0.25) is 0 Å². The van der Waals surface area contributed by atoms with Gasteiger partial charge in [-0.1, -0.05) is 93.6 Å². The zero-order valence-electron chi connectivity index (χ0n) is 15.8. The van der Waals surface area contributed by atoms with Crippen molar-refractivity contribution in [2.45, 2.75) is 45.8 Å². The van der Waals surface area contributed by atoms with Crippen molar-refractivity contribution in [3.05, 3.63) is 66.2 Å². The third kappa shape index (κ3) is 3.96. The van der Waals surface area contributed by atoms with Crippen LogP contribution in [0.25, 0.3) is 21.6 Å². The molecule has 1 heterocycles. The molecule has 3 rings (SSSR count). The molecule has 0 spiro atoms. The molecule has 2 aromatic carbocycles. The molecule has 0 amide bonds. The molecule has 0 aliphatic rings. The predicted molar refractivity (Wildman–Crippen MR) is 117 cm³/mol. The van der Waals surface area contributed by atoms with Crippen molar-refractivity contribution >= 4 is 23.9 Å². The van der Waals surface area contributed by atoms with Crippen LogP contribution < -0.4 is 4.50 Å². The third-order valence-corrected chi connectivity index (χ3v) is 9.47. The smallest absolute Gasteiger partial charge is 0.0908 e. The van der Waals surface area contributed by atoms with Crippen LogP contribution in [0.15, 0.2) is 60.7 Å². The highest BCUT2D eigenvalue weighted by atomic mass is 32.1. The minimum absolute atomic E-state index is 1.20. The van der Waals surface area contributed by atoms with E-state index in [-0.39, 0.29) is 0 Å². The van der Waals surface area contributed by atoms with Gasteiger partial charge < -0.3 is 0 Å². The maximum absolute atomic E-state index is 2.48. The first-order chi connectivity index (χ1) is 12.0. The van der Waals surface area contributed by atoms with Gasteiger partial charge in [0.15, 0.2) is 0 Å². The maximum atomic E-state index is 2.48. The molecule has 0 saturated carbocycles. The molecule has 25 heavy (non-hydrogen) atoms. The van der Waals surface area contributed by atoms with E-state index in [2.05, 4.69) is 98.6 Å². The number of hydrogen-bond donors (Lipinski definition) is 0. The van der Waals surface area contributed by atoms with Crippen LogP contribution in [0.5, 0.6) is 0 Å². The molecule has 0 radical (unpaired) electrons. The minimum Gasteiger partial charge on any atom is -0.144 e. The first-order valence-corrected chi connectivity index (χ1v) is 13.6. The van der Waals surface area contributed by atoms with Gasteiger partial charge in [0, 0.05) is 10.4 Å². The summed E-state index contributed by atoms with van der Waals surface area (Å²) in [5.41, 5.74) is 5.83. The molecule has 1 aromatic heterocycles. The Morgan fingerprint density at radius 3 is 1.88 bits per heavy atom. The first-order valence-electron chi connectivity index (χ1n) is 9.29. The van der Waals surface area contributed by atoms with Crippen LogP contribution in [-0.2, 0) is 6.42 Å². The van der Waals surface area contributed by atoms with Gasteiger partial charge in [0.25, 0.3) is 0 Å². The lowest BCUT2D eigenvalue weighted by molar-refractivity contribution is 0.800. The van der Waals surface area contributed by atoms with E-state index in [9.17, 15) is 0 Å². The van der Waals surface area contributed by atoms with Crippen LogP contribution in [0.2, 0.25) is 19.6 Å². The van der Waals surface area contributed by atoms with Crippen molar-refractivity contribution in [1.82, 2.24) is 0 Å². The van der Waals surface area contributed by atoms with Gasteiger partial charge in [0.2, 0.25) is 0 Å². The van der Waals surface area contributed by atoms with Gasteiger partial charge >= 0.3 is 0 Å². The molecule has 0 aliphatic heterocycles. The number of rotatable bonds is 6. The Balaban J connectivity index is 2.29. The third-order valence-electron chi connectivity index (χ3n) is 4.57. The average Bonchev–Trinajstić information content (AvgIpc) is 3.01. The SMILES string of the molecule is CCCCc1c([Si](C)(C)C)sc(-c2ccccc2)c1-c1ccccc1. The molecule has 0 nitrogen and oxygen atoms in total. The molecule has 0 fully saturated rings. The quantitative estimate of drug-likeness (QED) is 0.414. The van der Waals surface area contributed by atoms with E-state index in [4.69, 9.17) is 0 Å². The molecular formula is C23H28SSi. The van der Waals surface area contributed by atoms with Crippen LogP contribution in [-0.4, -0.2) is 8.07 Å². The van der Waals surface area contributed by atoms with Gasteiger partial charge in [-0.05, 0) is 34.0 Å². The lowest BCUT2D eigenvalue weighted by Gasteiger charge is -2.17. The molecule has 0 bridgehead atoms. The monoisotopic (exact) mass is 364 g/mol. The molecule has 0 saturated heterocycles. The highest BCUT2D eigenvalue weighted by Crippen LogP contribution is 2.40. The Hall–Kier alpha value is -1.64. The van der Waals surface area contributed by atoms with Gasteiger partial charge in [-0.25, -0.2) is 0 Å². The minimum atomic E-state index is -1.39. The van der Waals surface area contributed by atoms with Gasteiger partial charge in [0.1, 0.15) is 0 Å². The van der Waals surface area contributed by atoms with E-state index in [1.54, 1.807) is 10.1 Å². The lowest BCUT2D eigenvalue weighted by atomic mass is 9.96. The van der Waals surface area contributed by atoms with Crippen molar-refractivity contribution in [1.29, 1.82) is 0 Å². The molecule has 0 atom stereocenters. The number of hydrogen-bond acceptors (Lipinski definition) is 1. The Kier molecular flexibility index (Phi) is 5.60. The molecule has 0 unspecified atom stereocenters. The van der Waals surface area contributed by atoms with Crippen molar-refractivity contribution in [2.24, 2.45) is 0 Å². The fourth-order valence-electron chi connectivity index (χ4n) is 3.37. The van der Waals surface area contributed by atoms with Gasteiger partial charge in [-0.2, -0.15) is 0 Å². The van der Waals surface area contributed by atoms with Crippen molar-refractivity contribution in [3.8, 4) is 21.6 Å². The van der Waals surface area contributed by atoms with Gasteiger partial charge in [0.05, 0.1) is 8.07 Å². The molecule has 0 N–H and O–H groups in total. The van der Waals surface area contributed by atoms with Crippen LogP contribution >= 0.6 is 11.3 Å². The number of thiophene rings is 1. The molecule has 0 aliphatic carbocycles. The Morgan fingerprint density at radius 2 is 1.36 bits per heavy atom. The second-order valence-corrected chi connectivity index (χ2v) is 14.1. The number of benzene rings is 2. The normalized spacial score (nSPS) is 11.7. The molecule has 3 aromatic rings. The summed E-state index contributed by atoms with van der Waals surface area (Å²) in [7, 11) is -1.39. The summed E-state index contributed by atoms with van der Waals surface area (Å²) in [6, 6.07) is 21.9. The summed E-state index contributed by atoms with van der Waals surface area (Å²) in [5, 5.41) is 0. The van der Waals surface area contributed by atoms with Crippen LogP contribution in [0.3, 0.4) is 0 Å². The van der Waals surface area contributed by atoms with E-state index in [0.717, 1.165) is 0 Å². The van der Waals surface area contributed by atoms with E-state index < -0.39 is 8.07 Å². The molecule has 130 valence electrons. The van der Waals surface area contributed by atoms with E-state index in [1.807, 2.05) is 0 Å². The highest BCUT2D eigenvalue weighted by molar-refractivity contribution is 7.29. The second kappa shape index (κ2) is 7.71. The second-order valence-electron chi connectivity index (χ2n) is 7.70. The summed E-state index contributed by atoms with van der Waals surface area (Å²) in [4.78, 5) is 1.45. The van der Waals surface area contributed by atoms with Crippen LogP contribution in [0, 0.1) is 0 Å². The fourth-order valence-corrected chi connectivity index (χ4v) is 7.18. The van der Waals surface area contributed by atoms with Crippen LogP contribution in [0.1, 0.15) is 25.3 Å². The summed E-state index contributed by atoms with van der Waals surface area (Å²) < 4.78 is 1.68. The zero-order chi connectivity index (χ0) is 17.9. The number of unbranched alkanes of at least 4 members (excludes halogenated alkanes) is 1. The summed E-state index contributed by atoms with van der Waals surface area (Å²) in [5.74, 6) is 0. The Labute approximate surface area is 157 Å². The topological polar surface area (TPSA) is 0 Å². The zero-order valence-corrected chi connectivity index (χ0v) is 17.6. The predicted octanol–water partition coefficient (Wildman–Crippen LogP) is 6.97. The fraction of sp³-hybridized carbons (Fsp3) is 0.304. The standard InChI is InChI=1S/C23H28SSi/c1-5-6-17-20-21(18-13-9-7-10-14-18)22(19-15-11-8-12-16-19)24-23(20)25(2,3)4/h7-16H,5-6,17H2,1-4H3. The highest BCUT2D eigenvalue weighted by Gasteiger charge is 2.28. The first kappa shape index (κ1) is 18.2. The molecular weight excluding hydrogens is 336 g/mol. The average molecular weight is 365 g/mol. The molecule has 2 heteroatoms. The van der Waals surface area contributed by atoms with Gasteiger partial charge in [-0.15, -0.1) is 11.3 Å².